The maximum absolute atomic E-state index is 9.18. The van der Waals surface area contributed by atoms with Crippen LogP contribution in [0.5, 0.6) is 11.5 Å². The molecule has 2 aliphatic rings. The van der Waals surface area contributed by atoms with E-state index in [0.717, 1.165) is 37.2 Å². The number of fused-ring (bicyclic) bond motifs is 1. The van der Waals surface area contributed by atoms with Crippen LogP contribution in [0.1, 0.15) is 44.2 Å². The number of nitriles is 1. The van der Waals surface area contributed by atoms with Crippen LogP contribution in [-0.2, 0) is 0 Å². The van der Waals surface area contributed by atoms with Crippen molar-refractivity contribution >= 4 is 0 Å². The zero-order chi connectivity index (χ0) is 14.7. The summed E-state index contributed by atoms with van der Waals surface area (Å²) in [6, 6.07) is 9.08. The third kappa shape index (κ3) is 3.14. The lowest BCUT2D eigenvalue weighted by Gasteiger charge is -2.22. The van der Waals surface area contributed by atoms with Gasteiger partial charge in [0, 0.05) is 18.5 Å². The fourth-order valence-corrected chi connectivity index (χ4v) is 3.18. The van der Waals surface area contributed by atoms with E-state index in [2.05, 4.69) is 30.4 Å². The van der Waals surface area contributed by atoms with Crippen LogP contribution >= 0.6 is 0 Å². The summed E-state index contributed by atoms with van der Waals surface area (Å²) >= 11 is 0. The first-order valence-electron chi connectivity index (χ1n) is 7.83. The molecule has 1 fully saturated rings. The number of ether oxygens (including phenoxy) is 2. The van der Waals surface area contributed by atoms with Gasteiger partial charge < -0.3 is 14.8 Å². The second kappa shape index (κ2) is 6.36. The smallest absolute Gasteiger partial charge is 0.161 e. The number of rotatable bonds is 3. The maximum Gasteiger partial charge on any atom is 0.161 e. The Labute approximate surface area is 126 Å². The van der Waals surface area contributed by atoms with Crippen LogP contribution in [0, 0.1) is 17.2 Å². The Kier molecular flexibility index (Phi) is 4.31. The van der Waals surface area contributed by atoms with Crippen LogP contribution in [0.2, 0.25) is 0 Å². The highest BCUT2D eigenvalue weighted by molar-refractivity contribution is 5.44. The lowest BCUT2D eigenvalue weighted by atomic mass is 10.0. The number of hydrogen-bond donors (Lipinski definition) is 1. The standard InChI is InChI=1S/C17H22N2O2/c1-12(19-15-5-2-4-14(15)11-18)13-6-7-16-17(10-13)21-9-3-8-20-16/h6-7,10,12,14-15,19H,2-5,8-9H2,1H3. The molecule has 4 nitrogen and oxygen atoms in total. The molecule has 1 aromatic carbocycles. The van der Waals surface area contributed by atoms with E-state index < -0.39 is 0 Å². The Morgan fingerprint density at radius 1 is 1.19 bits per heavy atom. The second-order valence-corrected chi connectivity index (χ2v) is 5.92. The van der Waals surface area contributed by atoms with Crippen LogP contribution in [0.4, 0.5) is 0 Å². The number of nitrogens with zero attached hydrogens (tertiary/aromatic N) is 1. The molecule has 4 heteroatoms. The first-order valence-corrected chi connectivity index (χ1v) is 7.83. The topological polar surface area (TPSA) is 54.3 Å². The van der Waals surface area contributed by atoms with Crippen molar-refractivity contribution < 1.29 is 9.47 Å². The Morgan fingerprint density at radius 3 is 2.81 bits per heavy atom. The third-order valence-electron chi connectivity index (χ3n) is 4.42. The second-order valence-electron chi connectivity index (χ2n) is 5.92. The van der Waals surface area contributed by atoms with E-state index in [1.54, 1.807) is 0 Å². The van der Waals surface area contributed by atoms with E-state index in [-0.39, 0.29) is 12.0 Å². The minimum absolute atomic E-state index is 0.146. The van der Waals surface area contributed by atoms with Crippen LogP contribution in [0.15, 0.2) is 18.2 Å². The van der Waals surface area contributed by atoms with Crippen LogP contribution in [-0.4, -0.2) is 19.3 Å². The molecule has 21 heavy (non-hydrogen) atoms. The zero-order valence-corrected chi connectivity index (χ0v) is 12.5. The summed E-state index contributed by atoms with van der Waals surface area (Å²) in [6.07, 6.45) is 4.17. The fourth-order valence-electron chi connectivity index (χ4n) is 3.18. The Balaban J connectivity index is 1.71. The molecule has 1 aromatic rings. The van der Waals surface area contributed by atoms with E-state index in [9.17, 15) is 5.26 Å². The molecule has 3 rings (SSSR count). The van der Waals surface area contributed by atoms with Gasteiger partial charge >= 0.3 is 0 Å². The highest BCUT2D eigenvalue weighted by atomic mass is 16.5. The highest BCUT2D eigenvalue weighted by Crippen LogP contribution is 2.33. The van der Waals surface area contributed by atoms with Gasteiger partial charge in [0.15, 0.2) is 11.5 Å². The number of hydrogen-bond acceptors (Lipinski definition) is 4. The predicted octanol–water partition coefficient (Wildman–Crippen LogP) is 3.19. The molecular formula is C17H22N2O2. The van der Waals surface area contributed by atoms with Gasteiger partial charge in [-0.15, -0.1) is 0 Å². The molecule has 0 radical (unpaired) electrons. The molecule has 1 aliphatic carbocycles. The van der Waals surface area contributed by atoms with Crippen LogP contribution in [0.25, 0.3) is 0 Å². The van der Waals surface area contributed by atoms with Gasteiger partial charge in [-0.25, -0.2) is 0 Å². The molecule has 3 atom stereocenters. The van der Waals surface area contributed by atoms with E-state index in [1.165, 1.54) is 5.56 Å². The molecule has 112 valence electrons. The molecule has 3 unspecified atom stereocenters. The van der Waals surface area contributed by atoms with Gasteiger partial charge in [-0.05, 0) is 37.5 Å². The quantitative estimate of drug-likeness (QED) is 0.927. The number of nitrogens with one attached hydrogen (secondary N) is 1. The molecule has 1 N–H and O–H groups in total. The van der Waals surface area contributed by atoms with Crippen molar-refractivity contribution in [2.24, 2.45) is 5.92 Å². The highest BCUT2D eigenvalue weighted by Gasteiger charge is 2.28. The summed E-state index contributed by atoms with van der Waals surface area (Å²) < 4.78 is 11.4. The normalized spacial score (nSPS) is 25.9. The van der Waals surface area contributed by atoms with E-state index in [1.807, 2.05) is 6.07 Å². The summed E-state index contributed by atoms with van der Waals surface area (Å²) in [5, 5.41) is 12.8. The summed E-state index contributed by atoms with van der Waals surface area (Å²) in [5.41, 5.74) is 1.18. The van der Waals surface area contributed by atoms with Gasteiger partial charge in [-0.3, -0.25) is 0 Å². The molecule has 0 aromatic heterocycles. The first kappa shape index (κ1) is 14.2. The van der Waals surface area contributed by atoms with E-state index in [0.29, 0.717) is 19.3 Å². The molecule has 0 spiro atoms. The van der Waals surface area contributed by atoms with Crippen LogP contribution < -0.4 is 14.8 Å². The SMILES string of the molecule is CC(NC1CCCC1C#N)c1ccc2c(c1)OCCCO2. The minimum atomic E-state index is 0.146. The van der Waals surface area contributed by atoms with Crippen LogP contribution in [0.3, 0.4) is 0 Å². The van der Waals surface area contributed by atoms with Gasteiger partial charge in [0.2, 0.25) is 0 Å². The summed E-state index contributed by atoms with van der Waals surface area (Å²) in [5.74, 6) is 1.81. The Morgan fingerprint density at radius 2 is 2.00 bits per heavy atom. The lowest BCUT2D eigenvalue weighted by molar-refractivity contribution is 0.297. The monoisotopic (exact) mass is 286 g/mol. The average Bonchev–Trinajstić information content (AvgIpc) is 2.81. The summed E-state index contributed by atoms with van der Waals surface area (Å²) in [6.45, 7) is 3.56. The summed E-state index contributed by atoms with van der Waals surface area (Å²) in [7, 11) is 0. The molecular weight excluding hydrogens is 264 g/mol. The summed E-state index contributed by atoms with van der Waals surface area (Å²) in [4.78, 5) is 0. The predicted molar refractivity (Wildman–Crippen MR) is 80.3 cm³/mol. The van der Waals surface area contributed by atoms with Gasteiger partial charge in [0.25, 0.3) is 0 Å². The maximum atomic E-state index is 9.18. The van der Waals surface area contributed by atoms with Crippen molar-refractivity contribution in [3.8, 4) is 17.6 Å². The number of benzene rings is 1. The Bertz CT molecular complexity index is 538. The van der Waals surface area contributed by atoms with Gasteiger partial charge in [-0.1, -0.05) is 12.5 Å². The van der Waals surface area contributed by atoms with Crippen molar-refractivity contribution in [1.29, 1.82) is 5.26 Å². The zero-order valence-electron chi connectivity index (χ0n) is 12.5. The van der Waals surface area contributed by atoms with Gasteiger partial charge in [0.05, 0.1) is 25.2 Å². The Hall–Kier alpha value is -1.73. The van der Waals surface area contributed by atoms with Crippen molar-refractivity contribution in [1.82, 2.24) is 5.32 Å². The van der Waals surface area contributed by atoms with Crippen molar-refractivity contribution in [3.63, 3.8) is 0 Å². The molecule has 1 saturated carbocycles. The molecule has 0 bridgehead atoms. The fraction of sp³-hybridized carbons (Fsp3) is 0.588. The third-order valence-corrected chi connectivity index (χ3v) is 4.42. The molecule has 0 saturated heterocycles. The molecule has 0 amide bonds. The largest absolute Gasteiger partial charge is 0.490 e. The van der Waals surface area contributed by atoms with Crippen molar-refractivity contribution in [2.45, 2.75) is 44.7 Å². The lowest BCUT2D eigenvalue weighted by Crippen LogP contribution is -2.33. The first-order chi connectivity index (χ1) is 10.3. The van der Waals surface area contributed by atoms with Gasteiger partial charge in [0.1, 0.15) is 0 Å². The van der Waals surface area contributed by atoms with E-state index in [4.69, 9.17) is 9.47 Å². The molecule has 1 heterocycles. The van der Waals surface area contributed by atoms with E-state index >= 15 is 0 Å². The molecule has 1 aliphatic heterocycles. The van der Waals surface area contributed by atoms with Crippen molar-refractivity contribution in [2.75, 3.05) is 13.2 Å². The van der Waals surface area contributed by atoms with Crippen molar-refractivity contribution in [3.05, 3.63) is 23.8 Å². The average molecular weight is 286 g/mol. The minimum Gasteiger partial charge on any atom is -0.490 e. The van der Waals surface area contributed by atoms with Gasteiger partial charge in [-0.2, -0.15) is 5.26 Å².